The summed E-state index contributed by atoms with van der Waals surface area (Å²) in [4.78, 5) is 28.7. The van der Waals surface area contributed by atoms with Crippen LogP contribution in [0, 0.1) is 0 Å². The normalized spacial score (nSPS) is 14.6. The van der Waals surface area contributed by atoms with E-state index in [4.69, 9.17) is 22.1 Å². The smallest absolute Gasteiger partial charge is 0.410 e. The molecule has 1 aliphatic heterocycles. The number of halogens is 1. The van der Waals surface area contributed by atoms with E-state index in [1.165, 1.54) is 4.31 Å². The lowest BCUT2D eigenvalue weighted by atomic mass is 10.2. The van der Waals surface area contributed by atoms with Crippen LogP contribution in [0.5, 0.6) is 0 Å². The molecule has 0 unspecified atom stereocenters. The van der Waals surface area contributed by atoms with E-state index in [9.17, 15) is 9.59 Å². The molecule has 8 nitrogen and oxygen atoms in total. The summed E-state index contributed by atoms with van der Waals surface area (Å²) in [5.74, 6) is 0. The first kappa shape index (κ1) is 25.3. The number of nitrogens with two attached hydrogens (primary N) is 1. The van der Waals surface area contributed by atoms with Gasteiger partial charge in [-0.25, -0.2) is 13.9 Å². The van der Waals surface area contributed by atoms with Gasteiger partial charge in [-0.1, -0.05) is 38.3 Å². The van der Waals surface area contributed by atoms with Crippen LogP contribution in [0.15, 0.2) is 12.1 Å². The van der Waals surface area contributed by atoms with E-state index in [0.29, 0.717) is 42.6 Å². The third-order valence-corrected chi connectivity index (χ3v) is 5.80. The number of piperazine rings is 1. The standard InChI is InChI=1S/C21H34ClN5O3S/c1-6-14(7-2)24-19(28)27(31)18-13-17(15(22)12-16(18)23)25-8-10-26(11-9-25)20(29)30-21(3,4)5/h12-14,31H,6-11,23H2,1-5H3,(H,24,28). The Bertz CT molecular complexity index is 790. The molecule has 1 heterocycles. The van der Waals surface area contributed by atoms with E-state index in [1.807, 2.05) is 34.6 Å². The van der Waals surface area contributed by atoms with Crippen molar-refractivity contribution >= 4 is 53.6 Å². The van der Waals surface area contributed by atoms with Gasteiger partial charge in [0, 0.05) is 32.2 Å². The minimum Gasteiger partial charge on any atom is -0.444 e. The van der Waals surface area contributed by atoms with Crippen molar-refractivity contribution in [3.05, 3.63) is 17.2 Å². The Morgan fingerprint density at radius 1 is 1.23 bits per heavy atom. The largest absolute Gasteiger partial charge is 0.444 e. The average Bonchev–Trinajstić information content (AvgIpc) is 2.70. The second kappa shape index (κ2) is 10.5. The van der Waals surface area contributed by atoms with Gasteiger partial charge in [0.1, 0.15) is 5.60 Å². The topological polar surface area (TPSA) is 91.1 Å². The molecule has 31 heavy (non-hydrogen) atoms. The number of carbonyl (C=O) groups is 2. The Morgan fingerprint density at radius 3 is 2.32 bits per heavy atom. The van der Waals surface area contributed by atoms with E-state index >= 15 is 0 Å². The maximum Gasteiger partial charge on any atom is 0.410 e. The molecule has 0 bridgehead atoms. The van der Waals surface area contributed by atoms with Crippen molar-refractivity contribution in [2.24, 2.45) is 0 Å². The molecule has 0 aromatic heterocycles. The zero-order valence-electron chi connectivity index (χ0n) is 18.9. The summed E-state index contributed by atoms with van der Waals surface area (Å²) >= 11 is 10.8. The predicted molar refractivity (Wildman–Crippen MR) is 130 cm³/mol. The van der Waals surface area contributed by atoms with Crippen molar-refractivity contribution in [3.8, 4) is 0 Å². The molecule has 1 aromatic carbocycles. The first-order valence-electron chi connectivity index (χ1n) is 10.6. The van der Waals surface area contributed by atoms with Crippen LogP contribution in [0.4, 0.5) is 26.7 Å². The fourth-order valence-corrected chi connectivity index (χ4v) is 3.81. The zero-order chi connectivity index (χ0) is 23.3. The van der Waals surface area contributed by atoms with Gasteiger partial charge in [0.25, 0.3) is 0 Å². The Morgan fingerprint density at radius 2 is 1.81 bits per heavy atom. The molecule has 174 valence electrons. The highest BCUT2D eigenvalue weighted by atomic mass is 35.5. The maximum atomic E-state index is 12.6. The van der Waals surface area contributed by atoms with E-state index < -0.39 is 5.60 Å². The van der Waals surface area contributed by atoms with Gasteiger partial charge in [-0.2, -0.15) is 0 Å². The van der Waals surface area contributed by atoms with Crippen LogP contribution in [0.1, 0.15) is 47.5 Å². The Balaban J connectivity index is 2.13. The lowest BCUT2D eigenvalue weighted by Crippen LogP contribution is -2.50. The zero-order valence-corrected chi connectivity index (χ0v) is 20.6. The lowest BCUT2D eigenvalue weighted by Gasteiger charge is -2.37. The number of carbonyl (C=O) groups excluding carboxylic acids is 2. The summed E-state index contributed by atoms with van der Waals surface area (Å²) in [7, 11) is 0. The van der Waals surface area contributed by atoms with Crippen LogP contribution in [0.2, 0.25) is 5.02 Å². The number of rotatable bonds is 5. The number of amides is 3. The first-order chi connectivity index (χ1) is 14.5. The van der Waals surface area contributed by atoms with Gasteiger partial charge in [0.15, 0.2) is 0 Å². The molecule has 0 aliphatic carbocycles. The van der Waals surface area contributed by atoms with Crippen molar-refractivity contribution < 1.29 is 14.3 Å². The van der Waals surface area contributed by atoms with Gasteiger partial charge in [0.2, 0.25) is 0 Å². The summed E-state index contributed by atoms with van der Waals surface area (Å²) in [6.07, 6.45) is 1.33. The molecule has 1 aliphatic rings. The van der Waals surface area contributed by atoms with Gasteiger partial charge in [0.05, 0.1) is 22.1 Å². The summed E-state index contributed by atoms with van der Waals surface area (Å²) in [6, 6.07) is 3.11. The van der Waals surface area contributed by atoms with Crippen LogP contribution in [-0.4, -0.2) is 54.8 Å². The van der Waals surface area contributed by atoms with Crippen LogP contribution in [0.3, 0.4) is 0 Å². The monoisotopic (exact) mass is 471 g/mol. The second-order valence-corrected chi connectivity index (χ2v) is 9.40. The lowest BCUT2D eigenvalue weighted by molar-refractivity contribution is 0.0240. The molecule has 3 N–H and O–H groups in total. The van der Waals surface area contributed by atoms with Crippen LogP contribution in [-0.2, 0) is 4.74 Å². The number of hydrogen-bond acceptors (Lipinski definition) is 6. The number of ether oxygens (including phenoxy) is 1. The quantitative estimate of drug-likeness (QED) is 0.433. The molecule has 0 atom stereocenters. The van der Waals surface area contributed by atoms with Crippen LogP contribution in [0.25, 0.3) is 0 Å². The van der Waals surface area contributed by atoms with E-state index in [1.54, 1.807) is 17.0 Å². The summed E-state index contributed by atoms with van der Waals surface area (Å²) in [5.41, 5.74) is 7.15. The average molecular weight is 472 g/mol. The molecule has 0 radical (unpaired) electrons. The molecule has 0 spiro atoms. The van der Waals surface area contributed by atoms with Crippen LogP contribution >= 0.6 is 24.4 Å². The van der Waals surface area contributed by atoms with Crippen LogP contribution < -0.4 is 20.3 Å². The van der Waals surface area contributed by atoms with Gasteiger partial charge < -0.3 is 25.6 Å². The second-order valence-electron chi connectivity index (χ2n) is 8.59. The molecule has 10 heteroatoms. The molecule has 1 fully saturated rings. The van der Waals surface area contributed by atoms with Crippen molar-refractivity contribution in [1.29, 1.82) is 0 Å². The Kier molecular flexibility index (Phi) is 8.59. The van der Waals surface area contributed by atoms with Gasteiger partial charge in [-0.3, -0.25) is 0 Å². The number of urea groups is 1. The van der Waals surface area contributed by atoms with Gasteiger partial charge in [-0.15, -0.1) is 0 Å². The highest BCUT2D eigenvalue weighted by Crippen LogP contribution is 2.37. The number of nitrogens with one attached hydrogen (secondary N) is 1. The van der Waals surface area contributed by atoms with Crippen molar-refractivity contribution in [1.82, 2.24) is 10.2 Å². The number of benzene rings is 1. The third kappa shape index (κ3) is 6.74. The fourth-order valence-electron chi connectivity index (χ4n) is 3.29. The van der Waals surface area contributed by atoms with E-state index in [-0.39, 0.29) is 18.2 Å². The number of nitrogen functional groups attached to an aromatic ring is 1. The third-order valence-electron chi connectivity index (χ3n) is 5.10. The summed E-state index contributed by atoms with van der Waals surface area (Å²) in [5, 5.41) is 3.42. The maximum absolute atomic E-state index is 12.6. The number of anilines is 3. The number of nitrogens with zero attached hydrogens (tertiary/aromatic N) is 3. The highest BCUT2D eigenvalue weighted by Gasteiger charge is 2.27. The Hall–Kier alpha value is -2.00. The van der Waals surface area contributed by atoms with Gasteiger partial charge in [-0.05, 0) is 45.7 Å². The Labute approximate surface area is 195 Å². The summed E-state index contributed by atoms with van der Waals surface area (Å²) in [6.45, 7) is 11.7. The first-order valence-corrected chi connectivity index (χ1v) is 11.4. The molecule has 2 rings (SSSR count). The van der Waals surface area contributed by atoms with E-state index in [0.717, 1.165) is 18.5 Å². The fraction of sp³-hybridized carbons (Fsp3) is 0.619. The minimum atomic E-state index is -0.533. The predicted octanol–water partition coefficient (Wildman–Crippen LogP) is 4.53. The molecule has 1 saturated heterocycles. The molecular weight excluding hydrogens is 438 g/mol. The number of thiol groups is 1. The summed E-state index contributed by atoms with van der Waals surface area (Å²) < 4.78 is 6.66. The molecule has 0 saturated carbocycles. The van der Waals surface area contributed by atoms with Crippen molar-refractivity contribution in [2.45, 2.75) is 59.1 Å². The van der Waals surface area contributed by atoms with Gasteiger partial charge >= 0.3 is 12.1 Å². The SMILES string of the molecule is CCC(CC)NC(=O)N(S)c1cc(N2CCN(C(=O)OC(C)(C)C)CC2)c(Cl)cc1N. The molecule has 1 aromatic rings. The molecule has 3 amide bonds. The minimum absolute atomic E-state index is 0.0658. The van der Waals surface area contributed by atoms with Crippen molar-refractivity contribution in [3.63, 3.8) is 0 Å². The van der Waals surface area contributed by atoms with E-state index in [2.05, 4.69) is 23.0 Å². The highest BCUT2D eigenvalue weighted by molar-refractivity contribution is 7.82. The number of hydrogen-bond donors (Lipinski definition) is 3. The van der Waals surface area contributed by atoms with Crippen molar-refractivity contribution in [2.75, 3.05) is 41.1 Å². The molecular formula is C21H34ClN5O3S.